The molecule has 1 aliphatic rings. The molecule has 1 saturated heterocycles. The summed E-state index contributed by atoms with van der Waals surface area (Å²) in [5.74, 6) is -0.0640. The zero-order valence-corrected chi connectivity index (χ0v) is 16.5. The van der Waals surface area contributed by atoms with Crippen LogP contribution in [0.2, 0.25) is 0 Å². The summed E-state index contributed by atoms with van der Waals surface area (Å²) < 4.78 is 67.7. The molecule has 0 amide bonds. The molecule has 0 bridgehead atoms. The Kier molecular flexibility index (Phi) is 4.71. The van der Waals surface area contributed by atoms with Gasteiger partial charge in [0.2, 0.25) is 10.0 Å². The van der Waals surface area contributed by atoms with Crippen LogP contribution in [0.4, 0.5) is 13.2 Å². The van der Waals surface area contributed by atoms with Crippen LogP contribution in [-0.4, -0.2) is 39.6 Å². The van der Waals surface area contributed by atoms with Crippen molar-refractivity contribution in [3.05, 3.63) is 41.0 Å². The summed E-state index contributed by atoms with van der Waals surface area (Å²) in [5.41, 5.74) is -0.384. The molecule has 0 saturated carbocycles. The van der Waals surface area contributed by atoms with Gasteiger partial charge in [-0.3, -0.25) is 0 Å². The van der Waals surface area contributed by atoms with Crippen molar-refractivity contribution in [2.75, 3.05) is 12.3 Å². The van der Waals surface area contributed by atoms with Crippen molar-refractivity contribution < 1.29 is 21.6 Å². The van der Waals surface area contributed by atoms with Crippen LogP contribution in [0.25, 0.3) is 16.2 Å². The molecule has 150 valence electrons. The third kappa shape index (κ3) is 3.31. The first kappa shape index (κ1) is 19.3. The number of sulfonamides is 1. The molecule has 1 fully saturated rings. The summed E-state index contributed by atoms with van der Waals surface area (Å²) in [6.45, 7) is 1.89. The Bertz CT molecular complexity index is 1110. The van der Waals surface area contributed by atoms with E-state index in [1.165, 1.54) is 21.7 Å². The minimum absolute atomic E-state index is 0.0500. The van der Waals surface area contributed by atoms with E-state index in [9.17, 15) is 21.6 Å². The number of rotatable bonds is 4. The summed E-state index contributed by atoms with van der Waals surface area (Å²) in [5, 5.41) is 5.88. The van der Waals surface area contributed by atoms with Gasteiger partial charge in [0.15, 0.2) is 11.3 Å². The van der Waals surface area contributed by atoms with E-state index in [-0.39, 0.29) is 22.8 Å². The van der Waals surface area contributed by atoms with Crippen molar-refractivity contribution in [3.63, 3.8) is 0 Å². The maximum absolute atomic E-state index is 13.7. The molecule has 1 unspecified atom stereocenters. The number of aromatic nitrogens is 3. The van der Waals surface area contributed by atoms with Crippen LogP contribution in [0.5, 0.6) is 0 Å². The molecular weight excluding hydrogens is 413 g/mol. The van der Waals surface area contributed by atoms with Gasteiger partial charge in [0, 0.05) is 12.6 Å². The van der Waals surface area contributed by atoms with E-state index in [2.05, 4.69) is 10.1 Å². The van der Waals surface area contributed by atoms with Crippen molar-refractivity contribution in [2.24, 2.45) is 0 Å². The first-order chi connectivity index (χ1) is 13.2. The predicted molar refractivity (Wildman–Crippen MR) is 99.4 cm³/mol. The molecule has 6 nitrogen and oxygen atoms in total. The van der Waals surface area contributed by atoms with Crippen molar-refractivity contribution >= 4 is 27.0 Å². The van der Waals surface area contributed by atoms with Crippen LogP contribution in [0.3, 0.4) is 0 Å². The Morgan fingerprint density at radius 1 is 1.32 bits per heavy atom. The highest BCUT2D eigenvalue weighted by atomic mass is 32.2. The van der Waals surface area contributed by atoms with Gasteiger partial charge in [-0.05, 0) is 37.3 Å². The first-order valence-electron chi connectivity index (χ1n) is 8.72. The van der Waals surface area contributed by atoms with Crippen LogP contribution in [-0.2, 0) is 16.2 Å². The van der Waals surface area contributed by atoms with E-state index in [1.54, 1.807) is 24.4 Å². The third-order valence-electron chi connectivity index (χ3n) is 4.78. The smallest absolute Gasteiger partial charge is 0.228 e. The molecule has 0 aromatic carbocycles. The molecule has 11 heteroatoms. The highest BCUT2D eigenvalue weighted by Crippen LogP contribution is 2.37. The number of nitrogens with zero attached hydrogens (tertiary/aromatic N) is 4. The van der Waals surface area contributed by atoms with E-state index in [0.717, 1.165) is 10.6 Å². The Balaban J connectivity index is 1.87. The quantitative estimate of drug-likeness (QED) is 0.628. The molecule has 3 aromatic rings. The van der Waals surface area contributed by atoms with Crippen LogP contribution >= 0.6 is 11.3 Å². The van der Waals surface area contributed by atoms with Gasteiger partial charge in [0.25, 0.3) is 0 Å². The third-order valence-corrected chi connectivity index (χ3v) is 7.55. The molecule has 1 aliphatic heterocycles. The van der Waals surface area contributed by atoms with E-state index < -0.39 is 27.9 Å². The molecule has 0 aliphatic carbocycles. The number of hydrogen-bond donors (Lipinski definition) is 0. The van der Waals surface area contributed by atoms with Gasteiger partial charge in [0.05, 0.1) is 28.1 Å². The van der Waals surface area contributed by atoms with E-state index in [1.807, 2.05) is 0 Å². The van der Waals surface area contributed by atoms with Gasteiger partial charge in [-0.2, -0.15) is 22.6 Å². The second-order valence-electron chi connectivity index (χ2n) is 6.51. The Morgan fingerprint density at radius 2 is 2.11 bits per heavy atom. The van der Waals surface area contributed by atoms with Crippen molar-refractivity contribution in [1.82, 2.24) is 18.9 Å². The maximum Gasteiger partial charge on any atom is 0.433 e. The molecule has 3 aromatic heterocycles. The summed E-state index contributed by atoms with van der Waals surface area (Å²) >= 11 is 1.30. The van der Waals surface area contributed by atoms with Crippen LogP contribution in [0.1, 0.15) is 37.2 Å². The van der Waals surface area contributed by atoms with E-state index >= 15 is 0 Å². The lowest BCUT2D eigenvalue weighted by Gasteiger charge is -2.21. The number of fused-ring (bicyclic) bond motifs is 1. The monoisotopic (exact) mass is 430 g/mol. The average Bonchev–Trinajstić information content (AvgIpc) is 3.38. The molecule has 4 rings (SSSR count). The molecule has 28 heavy (non-hydrogen) atoms. The molecular formula is C17H17F3N4O2S2. The number of alkyl halides is 3. The highest BCUT2D eigenvalue weighted by molar-refractivity contribution is 7.89. The van der Waals surface area contributed by atoms with E-state index in [4.69, 9.17) is 0 Å². The van der Waals surface area contributed by atoms with Crippen LogP contribution in [0, 0.1) is 0 Å². The van der Waals surface area contributed by atoms with Crippen molar-refractivity contribution in [2.45, 2.75) is 32.0 Å². The first-order valence-corrected chi connectivity index (χ1v) is 11.2. The molecule has 0 spiro atoms. The number of hydrogen-bond acceptors (Lipinski definition) is 5. The zero-order chi connectivity index (χ0) is 20.1. The summed E-state index contributed by atoms with van der Waals surface area (Å²) in [4.78, 5) is 4.95. The van der Waals surface area contributed by atoms with E-state index in [0.29, 0.717) is 24.3 Å². The zero-order valence-electron chi connectivity index (χ0n) is 14.8. The van der Waals surface area contributed by atoms with Gasteiger partial charge in [-0.25, -0.2) is 17.9 Å². The fraction of sp³-hybridized carbons (Fsp3) is 0.412. The summed E-state index contributed by atoms with van der Waals surface area (Å²) in [6.07, 6.45) is -3.47. The lowest BCUT2D eigenvalue weighted by Crippen LogP contribution is -2.32. The molecule has 1 atom stereocenters. The maximum atomic E-state index is 13.7. The van der Waals surface area contributed by atoms with Gasteiger partial charge in [-0.1, -0.05) is 6.07 Å². The largest absolute Gasteiger partial charge is 0.433 e. The molecule has 0 N–H and O–H groups in total. The second kappa shape index (κ2) is 6.82. The summed E-state index contributed by atoms with van der Waals surface area (Å²) in [6, 6.07) is 5.31. The lowest BCUT2D eigenvalue weighted by atomic mass is 10.2. The Morgan fingerprint density at radius 3 is 2.75 bits per heavy atom. The summed E-state index contributed by atoms with van der Waals surface area (Å²) in [7, 11) is -3.47. The lowest BCUT2D eigenvalue weighted by molar-refractivity contribution is -0.142. The molecule has 4 heterocycles. The molecule has 0 radical (unpaired) electrons. The SMILES string of the molecule is CCS(=O)(=O)N1CCCC1c1cc2nc(-c3cccs3)cc(C(F)(F)F)n2n1. The van der Waals surface area contributed by atoms with Gasteiger partial charge in [0.1, 0.15) is 0 Å². The average molecular weight is 430 g/mol. The fourth-order valence-electron chi connectivity index (χ4n) is 3.44. The van der Waals surface area contributed by atoms with Gasteiger partial charge < -0.3 is 0 Å². The van der Waals surface area contributed by atoms with Crippen LogP contribution < -0.4 is 0 Å². The normalized spacial score (nSPS) is 18.9. The minimum atomic E-state index is -4.62. The fourth-order valence-corrected chi connectivity index (χ4v) is 5.47. The van der Waals surface area contributed by atoms with Crippen molar-refractivity contribution in [1.29, 1.82) is 0 Å². The van der Waals surface area contributed by atoms with Crippen LogP contribution in [0.15, 0.2) is 29.6 Å². The van der Waals surface area contributed by atoms with Gasteiger partial charge in [-0.15, -0.1) is 11.3 Å². The van der Waals surface area contributed by atoms with Crippen molar-refractivity contribution in [3.8, 4) is 10.6 Å². The van der Waals surface area contributed by atoms with Gasteiger partial charge >= 0.3 is 6.18 Å². The Hall–Kier alpha value is -1.98. The predicted octanol–water partition coefficient (Wildman–Crippen LogP) is 3.96. The second-order valence-corrected chi connectivity index (χ2v) is 9.67. The standard InChI is InChI=1S/C17H17F3N4O2S2/c1-2-28(25,26)23-7-3-5-13(23)11-10-16-21-12(14-6-4-8-27-14)9-15(17(18,19)20)24(16)22-11/h4,6,8-10,13H,2-3,5,7H2,1H3. The number of halogens is 3. The highest BCUT2D eigenvalue weighted by Gasteiger charge is 2.38. The topological polar surface area (TPSA) is 67.6 Å². The minimum Gasteiger partial charge on any atom is -0.228 e. The number of thiophene rings is 1. The Labute approximate surface area is 163 Å².